The lowest BCUT2D eigenvalue weighted by atomic mass is 10.0. The summed E-state index contributed by atoms with van der Waals surface area (Å²) in [5.74, 6) is 0.252. The van der Waals surface area contributed by atoms with Crippen LogP contribution in [0.15, 0.2) is 54.6 Å². The number of fused-ring (bicyclic) bond motifs is 1. The van der Waals surface area contributed by atoms with E-state index in [-0.39, 0.29) is 5.75 Å². The molecule has 20 heavy (non-hydrogen) atoms. The fraction of sp³-hybridized carbons (Fsp3) is 0.118. The number of aromatic nitrogens is 1. The average molecular weight is 264 g/mol. The molecule has 0 atom stereocenters. The van der Waals surface area contributed by atoms with Crippen molar-refractivity contribution in [3.05, 3.63) is 71.4 Å². The van der Waals surface area contributed by atoms with Crippen LogP contribution in [-0.4, -0.2) is 10.1 Å². The standard InChI is InChI=1S/C17H16N2O/c18-11-15-9-8-13-6-7-14(17(20)16(13)19-15)10-12-4-2-1-3-5-12/h1-9,20H,10-11,18H2. The Bertz CT molecular complexity index is 739. The predicted octanol–water partition coefficient (Wildman–Crippen LogP) is 2.99. The van der Waals surface area contributed by atoms with Gasteiger partial charge in [-0.05, 0) is 11.6 Å². The highest BCUT2D eigenvalue weighted by molar-refractivity contribution is 5.85. The van der Waals surface area contributed by atoms with E-state index in [9.17, 15) is 5.11 Å². The van der Waals surface area contributed by atoms with E-state index in [4.69, 9.17) is 5.73 Å². The predicted molar refractivity (Wildman–Crippen MR) is 80.5 cm³/mol. The lowest BCUT2D eigenvalue weighted by Gasteiger charge is -2.08. The number of phenols is 1. The van der Waals surface area contributed by atoms with Crippen LogP contribution >= 0.6 is 0 Å². The van der Waals surface area contributed by atoms with Crippen molar-refractivity contribution in [3.63, 3.8) is 0 Å². The monoisotopic (exact) mass is 264 g/mol. The van der Waals surface area contributed by atoms with Crippen LogP contribution in [0.2, 0.25) is 0 Å². The molecule has 100 valence electrons. The number of hydrogen-bond acceptors (Lipinski definition) is 3. The fourth-order valence-corrected chi connectivity index (χ4v) is 2.33. The molecule has 3 nitrogen and oxygen atoms in total. The molecule has 0 amide bonds. The number of rotatable bonds is 3. The zero-order valence-corrected chi connectivity index (χ0v) is 11.1. The fourth-order valence-electron chi connectivity index (χ4n) is 2.33. The molecule has 3 aromatic rings. The van der Waals surface area contributed by atoms with Gasteiger partial charge in [-0.2, -0.15) is 0 Å². The summed E-state index contributed by atoms with van der Waals surface area (Å²) in [4.78, 5) is 4.42. The molecule has 0 bridgehead atoms. The first-order valence-electron chi connectivity index (χ1n) is 6.62. The van der Waals surface area contributed by atoms with Gasteiger partial charge in [-0.1, -0.05) is 48.5 Å². The summed E-state index contributed by atoms with van der Waals surface area (Å²) in [6, 6.07) is 17.8. The highest BCUT2D eigenvalue weighted by Crippen LogP contribution is 2.29. The quantitative estimate of drug-likeness (QED) is 0.764. The third kappa shape index (κ3) is 2.36. The second kappa shape index (κ2) is 5.31. The number of aromatic hydroxyl groups is 1. The summed E-state index contributed by atoms with van der Waals surface area (Å²) in [6.07, 6.45) is 0.692. The summed E-state index contributed by atoms with van der Waals surface area (Å²) in [5, 5.41) is 11.4. The van der Waals surface area contributed by atoms with Crippen molar-refractivity contribution in [2.24, 2.45) is 5.73 Å². The molecule has 1 heterocycles. The van der Waals surface area contributed by atoms with E-state index in [2.05, 4.69) is 4.98 Å². The smallest absolute Gasteiger partial charge is 0.145 e. The number of benzene rings is 2. The molecule has 0 fully saturated rings. The van der Waals surface area contributed by atoms with Crippen LogP contribution in [0.1, 0.15) is 16.8 Å². The highest BCUT2D eigenvalue weighted by atomic mass is 16.3. The molecule has 3 heteroatoms. The van der Waals surface area contributed by atoms with Gasteiger partial charge in [0.25, 0.3) is 0 Å². The van der Waals surface area contributed by atoms with Crippen molar-refractivity contribution < 1.29 is 5.11 Å². The maximum absolute atomic E-state index is 10.4. The molecule has 0 spiro atoms. The van der Waals surface area contributed by atoms with Crippen molar-refractivity contribution in [1.29, 1.82) is 0 Å². The van der Waals surface area contributed by atoms with Gasteiger partial charge in [0, 0.05) is 23.9 Å². The van der Waals surface area contributed by atoms with Gasteiger partial charge in [0.1, 0.15) is 11.3 Å². The van der Waals surface area contributed by atoms with Gasteiger partial charge >= 0.3 is 0 Å². The third-order valence-corrected chi connectivity index (χ3v) is 3.42. The molecule has 0 saturated heterocycles. The van der Waals surface area contributed by atoms with Gasteiger partial charge in [0.2, 0.25) is 0 Å². The van der Waals surface area contributed by atoms with Gasteiger partial charge < -0.3 is 10.8 Å². The molecular formula is C17H16N2O. The normalized spacial score (nSPS) is 10.8. The molecule has 0 unspecified atom stereocenters. The van der Waals surface area contributed by atoms with Crippen molar-refractivity contribution in [2.75, 3.05) is 0 Å². The van der Waals surface area contributed by atoms with E-state index in [0.717, 1.165) is 22.2 Å². The molecule has 0 aliphatic carbocycles. The van der Waals surface area contributed by atoms with Crippen LogP contribution in [0.3, 0.4) is 0 Å². The highest BCUT2D eigenvalue weighted by Gasteiger charge is 2.09. The van der Waals surface area contributed by atoms with Crippen LogP contribution in [0.5, 0.6) is 5.75 Å². The first-order chi connectivity index (χ1) is 9.78. The van der Waals surface area contributed by atoms with Crippen molar-refractivity contribution in [2.45, 2.75) is 13.0 Å². The van der Waals surface area contributed by atoms with Gasteiger partial charge in [0.05, 0.1) is 5.69 Å². The van der Waals surface area contributed by atoms with E-state index in [0.29, 0.717) is 18.5 Å². The van der Waals surface area contributed by atoms with E-state index >= 15 is 0 Å². The Hall–Kier alpha value is -2.39. The van der Waals surface area contributed by atoms with Gasteiger partial charge in [-0.15, -0.1) is 0 Å². The lowest BCUT2D eigenvalue weighted by molar-refractivity contribution is 0.474. The molecule has 0 saturated carbocycles. The largest absolute Gasteiger partial charge is 0.505 e. The summed E-state index contributed by atoms with van der Waals surface area (Å²) in [6.45, 7) is 0.373. The molecule has 0 aliphatic heterocycles. The molecule has 0 radical (unpaired) electrons. The Labute approximate surface area is 117 Å². The summed E-state index contributed by atoms with van der Waals surface area (Å²) >= 11 is 0. The number of nitrogens with zero attached hydrogens (tertiary/aromatic N) is 1. The molecule has 0 aliphatic rings. The number of nitrogens with two attached hydrogens (primary N) is 1. The molecule has 1 aromatic heterocycles. The summed E-state index contributed by atoms with van der Waals surface area (Å²) in [7, 11) is 0. The Morgan fingerprint density at radius 2 is 1.70 bits per heavy atom. The Balaban J connectivity index is 2.06. The van der Waals surface area contributed by atoms with Crippen molar-refractivity contribution >= 4 is 10.9 Å². The number of pyridine rings is 1. The van der Waals surface area contributed by atoms with Crippen molar-refractivity contribution in [1.82, 2.24) is 4.98 Å². The van der Waals surface area contributed by atoms with E-state index < -0.39 is 0 Å². The average Bonchev–Trinajstić information content (AvgIpc) is 2.51. The van der Waals surface area contributed by atoms with E-state index in [1.54, 1.807) is 0 Å². The van der Waals surface area contributed by atoms with Crippen molar-refractivity contribution in [3.8, 4) is 5.75 Å². The Morgan fingerprint density at radius 3 is 2.45 bits per heavy atom. The van der Waals surface area contributed by atoms with E-state index in [1.165, 1.54) is 0 Å². The van der Waals surface area contributed by atoms with Gasteiger partial charge in [0.15, 0.2) is 0 Å². The maximum atomic E-state index is 10.4. The van der Waals surface area contributed by atoms with Gasteiger partial charge in [-0.25, -0.2) is 4.98 Å². The molecule has 3 N–H and O–H groups in total. The second-order valence-electron chi connectivity index (χ2n) is 4.81. The second-order valence-corrected chi connectivity index (χ2v) is 4.81. The van der Waals surface area contributed by atoms with Crippen LogP contribution in [0.25, 0.3) is 10.9 Å². The molecule has 3 rings (SSSR count). The zero-order chi connectivity index (χ0) is 13.9. The Kier molecular flexibility index (Phi) is 3.35. The number of phenolic OH excluding ortho intramolecular Hbond substituents is 1. The third-order valence-electron chi connectivity index (χ3n) is 3.42. The molecular weight excluding hydrogens is 248 g/mol. The van der Waals surface area contributed by atoms with Crippen LogP contribution in [0.4, 0.5) is 0 Å². The minimum atomic E-state index is 0.252. The summed E-state index contributed by atoms with van der Waals surface area (Å²) < 4.78 is 0. The minimum Gasteiger partial charge on any atom is -0.505 e. The van der Waals surface area contributed by atoms with Gasteiger partial charge in [-0.3, -0.25) is 0 Å². The summed E-state index contributed by atoms with van der Waals surface area (Å²) in [5.41, 5.74) is 9.06. The molecule has 2 aromatic carbocycles. The first kappa shape index (κ1) is 12.6. The van der Waals surface area contributed by atoms with Crippen LogP contribution in [-0.2, 0) is 13.0 Å². The maximum Gasteiger partial charge on any atom is 0.145 e. The van der Waals surface area contributed by atoms with E-state index in [1.807, 2.05) is 54.6 Å². The van der Waals surface area contributed by atoms with Crippen LogP contribution < -0.4 is 5.73 Å². The van der Waals surface area contributed by atoms with Crippen LogP contribution in [0, 0.1) is 0 Å². The Morgan fingerprint density at radius 1 is 0.950 bits per heavy atom. The first-order valence-corrected chi connectivity index (χ1v) is 6.62. The minimum absolute atomic E-state index is 0.252. The SMILES string of the molecule is NCc1ccc2ccc(Cc3ccccc3)c(O)c2n1. The topological polar surface area (TPSA) is 59.1 Å². The zero-order valence-electron chi connectivity index (χ0n) is 11.1. The number of hydrogen-bond donors (Lipinski definition) is 2. The lowest BCUT2D eigenvalue weighted by Crippen LogP contribution is -1.99.